The molecule has 3 N–H and O–H groups in total. The number of esters is 1. The van der Waals surface area contributed by atoms with E-state index < -0.39 is 53.2 Å². The number of nitrogens with zero attached hydrogens (tertiary/aromatic N) is 3. The topological polar surface area (TPSA) is 187 Å². The number of benzene rings is 1. The smallest absolute Gasteiger partial charge is 0.408 e. The number of alkyl carbamates (subject to hydrolysis) is 1. The predicted octanol–water partition coefficient (Wildman–Crippen LogP) is 5.53. The first kappa shape index (κ1) is 40.4. The van der Waals surface area contributed by atoms with E-state index in [1.807, 2.05) is 18.2 Å². The number of nitrogens with one attached hydrogen (secondary N) is 3. The number of anilines is 1. The standard InChI is InChI=1S/C40H50N6O9S/c1-7-53-36(50)40-20-24(40)13-11-9-8-10-12-14-28(44-38(51)55-39(3,4)5)35(49)46-21-26(18-32(46)34(48)45-40)54-33-19-30(31-22-56-37(43-31)41-23(2)47)42-29-17-25(52-6)15-16-27(29)33/h11,13,15-17,19,22,24,26,28,32H,7-10,12,14,18,20-21H2,1-6H3,(H,44,51)(H,45,48)(H,41,43,47)/b13-11-/t24-,26-,28+,32+,40-/m1/s1. The van der Waals surface area contributed by atoms with Gasteiger partial charge >= 0.3 is 12.1 Å². The summed E-state index contributed by atoms with van der Waals surface area (Å²) in [6.45, 7) is 8.51. The van der Waals surface area contributed by atoms with Crippen molar-refractivity contribution in [1.29, 1.82) is 0 Å². The maximum atomic E-state index is 14.6. The number of carbonyl (C=O) groups is 5. The molecule has 0 bridgehead atoms. The van der Waals surface area contributed by atoms with Crippen LogP contribution in [0.5, 0.6) is 11.5 Å². The molecule has 6 rings (SSSR count). The lowest BCUT2D eigenvalue weighted by molar-refractivity contribution is -0.150. The second-order valence-corrected chi connectivity index (χ2v) is 16.2. The third kappa shape index (κ3) is 9.40. The molecule has 2 fully saturated rings. The summed E-state index contributed by atoms with van der Waals surface area (Å²) in [5, 5.41) is 11.3. The van der Waals surface area contributed by atoms with Gasteiger partial charge in [-0.1, -0.05) is 25.0 Å². The number of amides is 4. The SMILES string of the molecule is CCOC(=O)[C@@]12C[C@H]1/C=C\CCCCC[C@H](NC(=O)OC(C)(C)C)C(=O)N1C[C@H](Oc3cc(-c4csc(NC(C)=O)n4)nc4cc(OC)ccc34)C[C@H]1C(=O)N2. The van der Waals surface area contributed by atoms with Crippen LogP contribution < -0.4 is 25.4 Å². The van der Waals surface area contributed by atoms with E-state index in [0.717, 1.165) is 19.3 Å². The van der Waals surface area contributed by atoms with Crippen LogP contribution in [0.3, 0.4) is 0 Å². The molecule has 16 heteroatoms. The van der Waals surface area contributed by atoms with Gasteiger partial charge in [0.05, 0.1) is 31.5 Å². The minimum absolute atomic E-state index is 0.0117. The fourth-order valence-electron chi connectivity index (χ4n) is 7.15. The second-order valence-electron chi connectivity index (χ2n) is 15.3. The highest BCUT2D eigenvalue weighted by Crippen LogP contribution is 2.46. The third-order valence-corrected chi connectivity index (χ3v) is 10.7. The van der Waals surface area contributed by atoms with Gasteiger partial charge in [0, 0.05) is 42.2 Å². The van der Waals surface area contributed by atoms with Crippen LogP contribution in [-0.4, -0.2) is 94.2 Å². The first-order valence-electron chi connectivity index (χ1n) is 19.0. The first-order valence-corrected chi connectivity index (χ1v) is 19.9. The monoisotopic (exact) mass is 790 g/mol. The third-order valence-electron chi connectivity index (χ3n) is 9.89. The van der Waals surface area contributed by atoms with Gasteiger partial charge in [-0.05, 0) is 65.5 Å². The average Bonchev–Trinajstić information content (AvgIpc) is 3.40. The second kappa shape index (κ2) is 16.9. The number of ether oxygens (including phenoxy) is 4. The van der Waals surface area contributed by atoms with Crippen molar-refractivity contribution in [2.75, 3.05) is 25.6 Å². The quantitative estimate of drug-likeness (QED) is 0.193. The lowest BCUT2D eigenvalue weighted by atomic mass is 10.0. The van der Waals surface area contributed by atoms with E-state index in [0.29, 0.717) is 58.2 Å². The molecule has 4 heterocycles. The number of carbonyl (C=O) groups excluding carboxylic acids is 5. The minimum atomic E-state index is -1.25. The van der Waals surface area contributed by atoms with Crippen molar-refractivity contribution in [2.45, 2.75) is 109 Å². The van der Waals surface area contributed by atoms with Gasteiger partial charge in [0.1, 0.15) is 46.5 Å². The lowest BCUT2D eigenvalue weighted by Crippen LogP contribution is -2.56. The molecule has 1 aromatic carbocycles. The molecule has 56 heavy (non-hydrogen) atoms. The molecule has 0 unspecified atom stereocenters. The number of hydrogen-bond acceptors (Lipinski definition) is 12. The number of rotatable bonds is 8. The van der Waals surface area contributed by atoms with E-state index in [-0.39, 0.29) is 31.4 Å². The van der Waals surface area contributed by atoms with Gasteiger partial charge in [0.15, 0.2) is 5.13 Å². The molecule has 2 aromatic heterocycles. The largest absolute Gasteiger partial charge is 0.497 e. The van der Waals surface area contributed by atoms with E-state index in [2.05, 4.69) is 20.9 Å². The van der Waals surface area contributed by atoms with E-state index in [4.69, 9.17) is 23.9 Å². The van der Waals surface area contributed by atoms with Crippen molar-refractivity contribution in [1.82, 2.24) is 25.5 Å². The molecule has 3 aliphatic rings. The molecule has 1 aliphatic carbocycles. The Morgan fingerprint density at radius 1 is 1.09 bits per heavy atom. The number of allylic oxidation sites excluding steroid dienone is 1. The van der Waals surface area contributed by atoms with Gasteiger partial charge in [-0.3, -0.25) is 14.4 Å². The van der Waals surface area contributed by atoms with Crippen LogP contribution in [0.25, 0.3) is 22.3 Å². The van der Waals surface area contributed by atoms with Gasteiger partial charge in [-0.25, -0.2) is 19.6 Å². The van der Waals surface area contributed by atoms with Crippen molar-refractivity contribution >= 4 is 57.2 Å². The Morgan fingerprint density at radius 3 is 2.62 bits per heavy atom. The highest BCUT2D eigenvalue weighted by atomic mass is 32.1. The van der Waals surface area contributed by atoms with E-state index in [1.165, 1.54) is 23.2 Å². The summed E-state index contributed by atoms with van der Waals surface area (Å²) < 4.78 is 23.1. The summed E-state index contributed by atoms with van der Waals surface area (Å²) in [6.07, 6.45) is 6.46. The minimum Gasteiger partial charge on any atom is -0.497 e. The summed E-state index contributed by atoms with van der Waals surface area (Å²) in [7, 11) is 1.56. The summed E-state index contributed by atoms with van der Waals surface area (Å²) in [6, 6.07) is 5.10. The summed E-state index contributed by atoms with van der Waals surface area (Å²) in [5.41, 5.74) is -0.504. The van der Waals surface area contributed by atoms with Gasteiger partial charge in [0.2, 0.25) is 17.7 Å². The van der Waals surface area contributed by atoms with Crippen molar-refractivity contribution < 1.29 is 42.9 Å². The van der Waals surface area contributed by atoms with E-state index >= 15 is 0 Å². The Balaban J connectivity index is 1.35. The van der Waals surface area contributed by atoms with Crippen LogP contribution in [0.4, 0.5) is 9.93 Å². The van der Waals surface area contributed by atoms with Crippen LogP contribution >= 0.6 is 11.3 Å². The molecule has 0 spiro atoms. The molecule has 4 amide bonds. The van der Waals surface area contributed by atoms with Crippen molar-refractivity contribution in [3.05, 3.63) is 41.8 Å². The number of aromatic nitrogens is 2. The van der Waals surface area contributed by atoms with Gasteiger partial charge < -0.3 is 39.8 Å². The van der Waals surface area contributed by atoms with Gasteiger partial charge in [-0.2, -0.15) is 0 Å². The molecule has 3 aromatic rings. The van der Waals surface area contributed by atoms with E-state index in [9.17, 15) is 24.0 Å². The Hall–Kier alpha value is -5.25. The predicted molar refractivity (Wildman–Crippen MR) is 209 cm³/mol. The lowest BCUT2D eigenvalue weighted by Gasteiger charge is -2.30. The highest BCUT2D eigenvalue weighted by molar-refractivity contribution is 7.14. The molecule has 15 nitrogen and oxygen atoms in total. The maximum absolute atomic E-state index is 14.6. The normalized spacial score (nSPS) is 24.7. The molecular weight excluding hydrogens is 741 g/mol. The number of hydrogen-bond donors (Lipinski definition) is 3. The molecule has 0 radical (unpaired) electrons. The van der Waals surface area contributed by atoms with Crippen LogP contribution in [0.1, 0.15) is 79.6 Å². The molecular formula is C40H50N6O9S. The van der Waals surface area contributed by atoms with Crippen LogP contribution in [0, 0.1) is 5.92 Å². The van der Waals surface area contributed by atoms with Crippen LogP contribution in [-0.2, 0) is 28.7 Å². The fraction of sp³-hybridized carbons (Fsp3) is 0.525. The Morgan fingerprint density at radius 2 is 1.89 bits per heavy atom. The van der Waals surface area contributed by atoms with Crippen molar-refractivity contribution in [3.8, 4) is 22.9 Å². The molecule has 5 atom stereocenters. The fourth-order valence-corrected chi connectivity index (χ4v) is 7.90. The zero-order valence-electron chi connectivity index (χ0n) is 32.6. The van der Waals surface area contributed by atoms with E-state index in [1.54, 1.807) is 58.4 Å². The van der Waals surface area contributed by atoms with Gasteiger partial charge in [0.25, 0.3) is 0 Å². The zero-order chi connectivity index (χ0) is 40.2. The van der Waals surface area contributed by atoms with Crippen molar-refractivity contribution in [3.63, 3.8) is 0 Å². The number of thiazole rings is 1. The molecule has 1 saturated heterocycles. The van der Waals surface area contributed by atoms with Crippen molar-refractivity contribution in [2.24, 2.45) is 5.92 Å². The average molecular weight is 791 g/mol. The molecule has 1 saturated carbocycles. The Kier molecular flexibility index (Phi) is 12.2. The summed E-state index contributed by atoms with van der Waals surface area (Å²) >= 11 is 1.25. The highest BCUT2D eigenvalue weighted by Gasteiger charge is 2.62. The Labute approximate surface area is 329 Å². The van der Waals surface area contributed by atoms with Crippen LogP contribution in [0.15, 0.2) is 41.8 Å². The van der Waals surface area contributed by atoms with Gasteiger partial charge in [-0.15, -0.1) is 11.3 Å². The number of fused-ring (bicyclic) bond motifs is 3. The Bertz CT molecular complexity index is 2010. The molecule has 300 valence electrons. The summed E-state index contributed by atoms with van der Waals surface area (Å²) in [4.78, 5) is 77.8. The zero-order valence-corrected chi connectivity index (χ0v) is 33.5. The molecule has 2 aliphatic heterocycles. The number of methoxy groups -OCH3 is 1. The van der Waals surface area contributed by atoms with Crippen LogP contribution in [0.2, 0.25) is 0 Å². The number of pyridine rings is 1. The first-order chi connectivity index (χ1) is 26.7. The maximum Gasteiger partial charge on any atom is 0.408 e. The summed E-state index contributed by atoms with van der Waals surface area (Å²) in [5.74, 6) is -0.977.